The molecule has 0 fully saturated rings. The van der Waals surface area contributed by atoms with Gasteiger partial charge in [-0.3, -0.25) is 4.79 Å². The molecule has 1 aromatic heterocycles. The van der Waals surface area contributed by atoms with Crippen LogP contribution in [0.5, 0.6) is 5.75 Å². The molecule has 3 rings (SSSR count). The second-order valence-electron chi connectivity index (χ2n) is 5.23. The van der Waals surface area contributed by atoms with Gasteiger partial charge in [-0.1, -0.05) is 41.6 Å². The van der Waals surface area contributed by atoms with E-state index < -0.39 is 0 Å². The molecule has 1 amide bonds. The van der Waals surface area contributed by atoms with E-state index in [1.807, 2.05) is 42.5 Å². The van der Waals surface area contributed by atoms with Crippen molar-refractivity contribution in [2.24, 2.45) is 0 Å². The van der Waals surface area contributed by atoms with Gasteiger partial charge in [0, 0.05) is 12.1 Å². The first kappa shape index (κ1) is 15.7. The van der Waals surface area contributed by atoms with Crippen LogP contribution in [-0.2, 0) is 11.3 Å². The predicted molar refractivity (Wildman–Crippen MR) is 88.3 cm³/mol. The largest absolute Gasteiger partial charge is 0.484 e. The summed E-state index contributed by atoms with van der Waals surface area (Å²) >= 11 is 0. The highest BCUT2D eigenvalue weighted by Crippen LogP contribution is 2.22. The SMILES string of the molecule is Cc1noc(-c2cccc(OCC(=O)NCc3ccccc3)c2)n1. The van der Waals surface area contributed by atoms with Crippen molar-refractivity contribution in [3.05, 3.63) is 66.0 Å². The predicted octanol–water partition coefficient (Wildman–Crippen LogP) is 2.74. The molecule has 0 bridgehead atoms. The molecular formula is C18H17N3O3. The minimum absolute atomic E-state index is 0.0564. The fourth-order valence-electron chi connectivity index (χ4n) is 2.13. The lowest BCUT2D eigenvalue weighted by molar-refractivity contribution is -0.123. The van der Waals surface area contributed by atoms with Crippen molar-refractivity contribution in [1.82, 2.24) is 15.5 Å². The van der Waals surface area contributed by atoms with Crippen molar-refractivity contribution in [2.45, 2.75) is 13.5 Å². The Bertz CT molecular complexity index is 815. The molecule has 6 heteroatoms. The molecule has 24 heavy (non-hydrogen) atoms. The summed E-state index contributed by atoms with van der Waals surface area (Å²) in [5.41, 5.74) is 1.79. The molecule has 0 saturated carbocycles. The van der Waals surface area contributed by atoms with Gasteiger partial charge >= 0.3 is 0 Å². The van der Waals surface area contributed by atoms with E-state index in [-0.39, 0.29) is 12.5 Å². The molecule has 2 aromatic carbocycles. The molecule has 0 aliphatic heterocycles. The number of aryl methyl sites for hydroxylation is 1. The molecule has 6 nitrogen and oxygen atoms in total. The Morgan fingerprint density at radius 1 is 1.17 bits per heavy atom. The van der Waals surface area contributed by atoms with Gasteiger partial charge in [-0.05, 0) is 30.7 Å². The molecule has 0 aliphatic rings. The van der Waals surface area contributed by atoms with Crippen LogP contribution in [0.4, 0.5) is 0 Å². The van der Waals surface area contributed by atoms with Crippen molar-refractivity contribution in [3.8, 4) is 17.2 Å². The summed E-state index contributed by atoms with van der Waals surface area (Å²) in [6, 6.07) is 16.9. The van der Waals surface area contributed by atoms with E-state index >= 15 is 0 Å². The van der Waals surface area contributed by atoms with Gasteiger partial charge in [-0.2, -0.15) is 4.98 Å². The van der Waals surface area contributed by atoms with Gasteiger partial charge in [0.05, 0.1) is 0 Å². The van der Waals surface area contributed by atoms with Crippen molar-refractivity contribution >= 4 is 5.91 Å². The number of aromatic nitrogens is 2. The molecule has 0 unspecified atom stereocenters. The molecule has 0 spiro atoms. The Morgan fingerprint density at radius 2 is 2.00 bits per heavy atom. The number of nitrogens with one attached hydrogen (secondary N) is 1. The molecule has 1 N–H and O–H groups in total. The van der Waals surface area contributed by atoms with E-state index in [0.717, 1.165) is 11.1 Å². The van der Waals surface area contributed by atoms with Gasteiger partial charge in [0.25, 0.3) is 11.8 Å². The van der Waals surface area contributed by atoms with Crippen LogP contribution in [-0.4, -0.2) is 22.7 Å². The lowest BCUT2D eigenvalue weighted by atomic mass is 10.2. The minimum atomic E-state index is -0.183. The summed E-state index contributed by atoms with van der Waals surface area (Å²) < 4.78 is 10.6. The third-order valence-electron chi connectivity index (χ3n) is 3.31. The van der Waals surface area contributed by atoms with Crippen LogP contribution in [0.25, 0.3) is 11.5 Å². The molecule has 0 radical (unpaired) electrons. The van der Waals surface area contributed by atoms with E-state index in [1.165, 1.54) is 0 Å². The highest BCUT2D eigenvalue weighted by molar-refractivity contribution is 5.77. The summed E-state index contributed by atoms with van der Waals surface area (Å²) in [7, 11) is 0. The summed E-state index contributed by atoms with van der Waals surface area (Å²) in [4.78, 5) is 16.0. The molecular weight excluding hydrogens is 306 g/mol. The van der Waals surface area contributed by atoms with Crippen LogP contribution in [0, 0.1) is 6.92 Å². The van der Waals surface area contributed by atoms with Crippen LogP contribution in [0.2, 0.25) is 0 Å². The second kappa shape index (κ2) is 7.41. The van der Waals surface area contributed by atoms with Crippen molar-refractivity contribution in [2.75, 3.05) is 6.61 Å². The third kappa shape index (κ3) is 4.19. The molecule has 122 valence electrons. The van der Waals surface area contributed by atoms with Gasteiger partial charge in [-0.25, -0.2) is 0 Å². The smallest absolute Gasteiger partial charge is 0.258 e. The topological polar surface area (TPSA) is 77.2 Å². The van der Waals surface area contributed by atoms with E-state index in [2.05, 4.69) is 15.5 Å². The van der Waals surface area contributed by atoms with Crippen molar-refractivity contribution < 1.29 is 14.1 Å². The number of rotatable bonds is 6. The highest BCUT2D eigenvalue weighted by Gasteiger charge is 2.08. The van der Waals surface area contributed by atoms with Gasteiger partial charge in [0.1, 0.15) is 5.75 Å². The van der Waals surface area contributed by atoms with E-state index in [0.29, 0.717) is 24.0 Å². The zero-order valence-electron chi connectivity index (χ0n) is 13.2. The first-order valence-corrected chi connectivity index (χ1v) is 7.55. The summed E-state index contributed by atoms with van der Waals surface area (Å²) in [5.74, 6) is 1.37. The molecule has 0 atom stereocenters. The summed E-state index contributed by atoms with van der Waals surface area (Å²) in [6.45, 7) is 2.17. The van der Waals surface area contributed by atoms with Crippen LogP contribution in [0.3, 0.4) is 0 Å². The van der Waals surface area contributed by atoms with Crippen LogP contribution >= 0.6 is 0 Å². The fourth-order valence-corrected chi connectivity index (χ4v) is 2.13. The maximum Gasteiger partial charge on any atom is 0.258 e. The quantitative estimate of drug-likeness (QED) is 0.755. The van der Waals surface area contributed by atoms with Crippen LogP contribution in [0.1, 0.15) is 11.4 Å². The number of ether oxygens (including phenoxy) is 1. The van der Waals surface area contributed by atoms with E-state index in [4.69, 9.17) is 9.26 Å². The number of hydrogen-bond donors (Lipinski definition) is 1. The Morgan fingerprint density at radius 3 is 2.75 bits per heavy atom. The molecule has 0 saturated heterocycles. The number of amides is 1. The molecule has 0 aliphatic carbocycles. The molecule has 3 aromatic rings. The standard InChI is InChI=1S/C18H17N3O3/c1-13-20-18(24-21-13)15-8-5-9-16(10-15)23-12-17(22)19-11-14-6-3-2-4-7-14/h2-10H,11-12H2,1H3,(H,19,22). The number of carbonyl (C=O) groups is 1. The second-order valence-corrected chi connectivity index (χ2v) is 5.23. The lowest BCUT2D eigenvalue weighted by Crippen LogP contribution is -2.28. The first-order chi connectivity index (χ1) is 11.7. The maximum absolute atomic E-state index is 11.9. The Hall–Kier alpha value is -3.15. The van der Waals surface area contributed by atoms with Gasteiger partial charge in [0.2, 0.25) is 0 Å². The summed E-state index contributed by atoms with van der Waals surface area (Å²) in [5, 5.41) is 6.57. The van der Waals surface area contributed by atoms with E-state index in [9.17, 15) is 4.79 Å². The minimum Gasteiger partial charge on any atom is -0.484 e. The highest BCUT2D eigenvalue weighted by atomic mass is 16.5. The maximum atomic E-state index is 11.9. The van der Waals surface area contributed by atoms with Gasteiger partial charge in [0.15, 0.2) is 12.4 Å². The molecule has 1 heterocycles. The monoisotopic (exact) mass is 323 g/mol. The number of nitrogens with zero attached hydrogens (tertiary/aromatic N) is 2. The van der Waals surface area contributed by atoms with Crippen molar-refractivity contribution in [3.63, 3.8) is 0 Å². The average molecular weight is 323 g/mol. The van der Waals surface area contributed by atoms with Crippen molar-refractivity contribution in [1.29, 1.82) is 0 Å². The number of hydrogen-bond acceptors (Lipinski definition) is 5. The first-order valence-electron chi connectivity index (χ1n) is 7.55. The number of carbonyl (C=O) groups excluding carboxylic acids is 1. The Labute approximate surface area is 139 Å². The van der Waals surface area contributed by atoms with Crippen LogP contribution < -0.4 is 10.1 Å². The summed E-state index contributed by atoms with van der Waals surface area (Å²) in [6.07, 6.45) is 0. The average Bonchev–Trinajstić information content (AvgIpc) is 3.06. The zero-order valence-corrected chi connectivity index (χ0v) is 13.2. The fraction of sp³-hybridized carbons (Fsp3) is 0.167. The normalized spacial score (nSPS) is 10.4. The van der Waals surface area contributed by atoms with Gasteiger partial charge in [-0.15, -0.1) is 0 Å². The Kier molecular flexibility index (Phi) is 4.86. The van der Waals surface area contributed by atoms with Gasteiger partial charge < -0.3 is 14.6 Å². The van der Waals surface area contributed by atoms with Crippen LogP contribution in [0.15, 0.2) is 59.1 Å². The number of benzene rings is 2. The third-order valence-corrected chi connectivity index (χ3v) is 3.31. The lowest BCUT2D eigenvalue weighted by Gasteiger charge is -2.08. The van der Waals surface area contributed by atoms with E-state index in [1.54, 1.807) is 19.1 Å². The zero-order chi connectivity index (χ0) is 16.8. The Balaban J connectivity index is 1.54.